The monoisotopic (exact) mass is 402 g/mol. The second-order valence-corrected chi connectivity index (χ2v) is 9.11. The third kappa shape index (κ3) is 3.26. The van der Waals surface area contributed by atoms with Gasteiger partial charge in [0.15, 0.2) is 5.82 Å². The molecule has 2 aromatic carbocycles. The van der Waals surface area contributed by atoms with E-state index in [0.29, 0.717) is 6.54 Å². The fraction of sp³-hybridized carbons (Fsp3) is 0.375. The molecule has 3 heterocycles. The fourth-order valence-corrected chi connectivity index (χ4v) is 4.58. The smallest absolute Gasteiger partial charge is 0.410 e. The van der Waals surface area contributed by atoms with E-state index in [1.54, 1.807) is 0 Å². The van der Waals surface area contributed by atoms with Crippen LogP contribution in [0.4, 0.5) is 10.6 Å². The van der Waals surface area contributed by atoms with Gasteiger partial charge in [-0.25, -0.2) is 4.79 Å². The standard InChI is InChI=1S/C24H26N4O2/c1-24(2,3)30-23(29)28-15-17-13-18(28)14-27(17)22-20-12-8-7-11-19(20)21(25-26-22)16-9-5-4-6-10-16/h4-12,17-18H,13-15H2,1-3H3/t17-,18-/m1/s1. The molecule has 154 valence electrons. The highest BCUT2D eigenvalue weighted by Gasteiger charge is 2.47. The summed E-state index contributed by atoms with van der Waals surface area (Å²) >= 11 is 0. The topological polar surface area (TPSA) is 58.6 Å². The molecule has 0 saturated carbocycles. The van der Waals surface area contributed by atoms with Crippen molar-refractivity contribution >= 4 is 22.7 Å². The molecule has 2 fully saturated rings. The van der Waals surface area contributed by atoms with Gasteiger partial charge in [0.1, 0.15) is 11.3 Å². The number of carbonyl (C=O) groups is 1. The third-order valence-corrected chi connectivity index (χ3v) is 5.86. The van der Waals surface area contributed by atoms with E-state index in [1.165, 1.54) is 0 Å². The number of piperazine rings is 1. The molecule has 2 aliphatic rings. The lowest BCUT2D eigenvalue weighted by Crippen LogP contribution is -2.50. The Labute approximate surface area is 176 Å². The number of likely N-dealkylation sites (tertiary alicyclic amines) is 1. The summed E-state index contributed by atoms with van der Waals surface area (Å²) in [4.78, 5) is 16.8. The van der Waals surface area contributed by atoms with Crippen molar-refractivity contribution in [1.82, 2.24) is 15.1 Å². The Hall–Kier alpha value is -3.15. The lowest BCUT2D eigenvalue weighted by atomic mass is 10.0. The number of hydrogen-bond acceptors (Lipinski definition) is 5. The van der Waals surface area contributed by atoms with E-state index in [1.807, 2.05) is 56.0 Å². The van der Waals surface area contributed by atoms with E-state index in [4.69, 9.17) is 4.74 Å². The second kappa shape index (κ2) is 6.97. The predicted octanol–water partition coefficient (Wildman–Crippen LogP) is 4.49. The quantitative estimate of drug-likeness (QED) is 0.632. The van der Waals surface area contributed by atoms with Crippen molar-refractivity contribution in [3.63, 3.8) is 0 Å². The molecule has 6 nitrogen and oxygen atoms in total. The van der Waals surface area contributed by atoms with Crippen molar-refractivity contribution in [2.75, 3.05) is 18.0 Å². The first kappa shape index (κ1) is 18.9. The molecule has 5 rings (SSSR count). The lowest BCUT2D eigenvalue weighted by Gasteiger charge is -2.36. The molecule has 0 spiro atoms. The van der Waals surface area contributed by atoms with Crippen molar-refractivity contribution in [2.45, 2.75) is 44.9 Å². The van der Waals surface area contributed by atoms with Crippen molar-refractivity contribution in [1.29, 1.82) is 0 Å². The minimum Gasteiger partial charge on any atom is -0.444 e. The average molecular weight is 402 g/mol. The van der Waals surface area contributed by atoms with Gasteiger partial charge < -0.3 is 14.5 Å². The fourth-order valence-electron chi connectivity index (χ4n) is 4.58. The zero-order valence-electron chi connectivity index (χ0n) is 17.6. The number of rotatable bonds is 2. The summed E-state index contributed by atoms with van der Waals surface area (Å²) in [5, 5.41) is 11.5. The number of nitrogens with zero attached hydrogens (tertiary/aromatic N) is 4. The minimum absolute atomic E-state index is 0.152. The molecule has 1 amide bonds. The predicted molar refractivity (Wildman–Crippen MR) is 117 cm³/mol. The van der Waals surface area contributed by atoms with Crippen LogP contribution in [0.3, 0.4) is 0 Å². The van der Waals surface area contributed by atoms with Crippen molar-refractivity contribution < 1.29 is 9.53 Å². The normalized spacial score (nSPS) is 20.8. The van der Waals surface area contributed by atoms with Crippen LogP contribution < -0.4 is 4.90 Å². The highest BCUT2D eigenvalue weighted by atomic mass is 16.6. The van der Waals surface area contributed by atoms with Crippen LogP contribution in [0, 0.1) is 0 Å². The van der Waals surface area contributed by atoms with Crippen LogP contribution in [-0.2, 0) is 4.74 Å². The van der Waals surface area contributed by atoms with Crippen LogP contribution in [0.1, 0.15) is 27.2 Å². The first-order valence-electron chi connectivity index (χ1n) is 10.5. The highest BCUT2D eigenvalue weighted by Crippen LogP contribution is 2.38. The first-order valence-corrected chi connectivity index (χ1v) is 10.5. The lowest BCUT2D eigenvalue weighted by molar-refractivity contribution is 0.0214. The number of hydrogen-bond donors (Lipinski definition) is 0. The van der Waals surface area contributed by atoms with Gasteiger partial charge in [-0.3, -0.25) is 0 Å². The number of aromatic nitrogens is 2. The Morgan fingerprint density at radius 2 is 1.63 bits per heavy atom. The van der Waals surface area contributed by atoms with Gasteiger partial charge in [0.2, 0.25) is 0 Å². The molecule has 6 heteroatoms. The van der Waals surface area contributed by atoms with Crippen molar-refractivity contribution in [3.8, 4) is 11.3 Å². The molecule has 0 aliphatic carbocycles. The Balaban J connectivity index is 1.45. The molecule has 3 aromatic rings. The number of ether oxygens (including phenoxy) is 1. The third-order valence-electron chi connectivity index (χ3n) is 5.86. The van der Waals surface area contributed by atoms with Crippen molar-refractivity contribution in [2.24, 2.45) is 0 Å². The molecule has 2 aliphatic heterocycles. The minimum atomic E-state index is -0.479. The van der Waals surface area contributed by atoms with Crippen LogP contribution in [0.15, 0.2) is 54.6 Å². The largest absolute Gasteiger partial charge is 0.444 e. The average Bonchev–Trinajstić information content (AvgIpc) is 3.33. The van der Waals surface area contributed by atoms with Gasteiger partial charge in [-0.15, -0.1) is 10.2 Å². The number of benzene rings is 2. The first-order chi connectivity index (χ1) is 14.4. The van der Waals surface area contributed by atoms with Crippen LogP contribution in [0.5, 0.6) is 0 Å². The SMILES string of the molecule is CC(C)(C)OC(=O)N1C[C@H]2C[C@@H]1CN2c1nnc(-c2ccccc2)c2ccccc12. The van der Waals surface area contributed by atoms with Crippen LogP contribution in [0.25, 0.3) is 22.0 Å². The van der Waals surface area contributed by atoms with Gasteiger partial charge in [-0.05, 0) is 27.2 Å². The maximum atomic E-state index is 12.6. The summed E-state index contributed by atoms with van der Waals surface area (Å²) in [5.41, 5.74) is 1.48. The zero-order chi connectivity index (χ0) is 20.9. The summed E-state index contributed by atoms with van der Waals surface area (Å²) in [5.74, 6) is 0.904. The van der Waals surface area contributed by atoms with E-state index >= 15 is 0 Å². The Morgan fingerprint density at radius 1 is 0.933 bits per heavy atom. The van der Waals surface area contributed by atoms with E-state index in [0.717, 1.165) is 40.8 Å². The molecule has 0 radical (unpaired) electrons. The van der Waals surface area contributed by atoms with Crippen LogP contribution >= 0.6 is 0 Å². The van der Waals surface area contributed by atoms with Gasteiger partial charge in [0, 0.05) is 29.4 Å². The molecular weight excluding hydrogens is 376 g/mol. The molecule has 2 saturated heterocycles. The van der Waals surface area contributed by atoms with Gasteiger partial charge in [-0.2, -0.15) is 0 Å². The summed E-state index contributed by atoms with van der Waals surface area (Å²) < 4.78 is 5.59. The Morgan fingerprint density at radius 3 is 2.30 bits per heavy atom. The van der Waals surface area contributed by atoms with Gasteiger partial charge in [0.05, 0.1) is 12.1 Å². The highest BCUT2D eigenvalue weighted by molar-refractivity contribution is 6.00. The second-order valence-electron chi connectivity index (χ2n) is 9.11. The number of anilines is 1. The molecule has 2 atom stereocenters. The molecule has 0 unspecified atom stereocenters. The van der Waals surface area contributed by atoms with Gasteiger partial charge >= 0.3 is 6.09 Å². The van der Waals surface area contributed by atoms with E-state index in [2.05, 4.69) is 39.4 Å². The van der Waals surface area contributed by atoms with Gasteiger partial charge in [-0.1, -0.05) is 54.6 Å². The van der Waals surface area contributed by atoms with Crippen LogP contribution in [-0.4, -0.2) is 52.0 Å². The number of fused-ring (bicyclic) bond motifs is 3. The number of carbonyl (C=O) groups excluding carboxylic acids is 1. The maximum Gasteiger partial charge on any atom is 0.410 e. The summed E-state index contributed by atoms with van der Waals surface area (Å²) in [6.07, 6.45) is 0.723. The molecule has 1 aromatic heterocycles. The Kier molecular flexibility index (Phi) is 4.38. The summed E-state index contributed by atoms with van der Waals surface area (Å²) in [6.45, 7) is 7.13. The van der Waals surface area contributed by atoms with Gasteiger partial charge in [0.25, 0.3) is 0 Å². The van der Waals surface area contributed by atoms with E-state index < -0.39 is 5.60 Å². The zero-order valence-corrected chi connectivity index (χ0v) is 17.6. The van der Waals surface area contributed by atoms with Crippen LogP contribution in [0.2, 0.25) is 0 Å². The maximum absolute atomic E-state index is 12.6. The molecule has 30 heavy (non-hydrogen) atoms. The molecule has 0 N–H and O–H groups in total. The van der Waals surface area contributed by atoms with E-state index in [-0.39, 0.29) is 18.2 Å². The molecular formula is C24H26N4O2. The Bertz CT molecular complexity index is 1090. The summed E-state index contributed by atoms with van der Waals surface area (Å²) in [7, 11) is 0. The summed E-state index contributed by atoms with van der Waals surface area (Å²) in [6, 6.07) is 18.9. The van der Waals surface area contributed by atoms with E-state index in [9.17, 15) is 4.79 Å². The van der Waals surface area contributed by atoms with Crippen molar-refractivity contribution in [3.05, 3.63) is 54.6 Å². The number of amides is 1. The molecule has 2 bridgehead atoms.